The number of halogens is 2. The van der Waals surface area contributed by atoms with Crippen molar-refractivity contribution in [2.24, 2.45) is 5.10 Å². The van der Waals surface area contributed by atoms with Crippen molar-refractivity contribution in [2.75, 3.05) is 6.54 Å². The number of aliphatic hydroxyl groups excluding tert-OH is 2. The molecule has 2 N–H and O–H groups in total. The van der Waals surface area contributed by atoms with Gasteiger partial charge < -0.3 is 15.1 Å². The zero-order valence-electron chi connectivity index (χ0n) is 17.1. The van der Waals surface area contributed by atoms with Crippen LogP contribution in [0.25, 0.3) is 0 Å². The van der Waals surface area contributed by atoms with E-state index in [1.807, 2.05) is 13.8 Å². The zero-order valence-corrected chi connectivity index (χ0v) is 17.1. The maximum Gasteiger partial charge on any atom is 0.276 e. The minimum Gasteiger partial charge on any atom is -0.507 e. The van der Waals surface area contributed by atoms with Crippen molar-refractivity contribution in [3.8, 4) is 0 Å². The highest BCUT2D eigenvalue weighted by atomic mass is 19.1. The van der Waals surface area contributed by atoms with Gasteiger partial charge in [-0.3, -0.25) is 9.80 Å². The molecule has 1 fully saturated rings. The summed E-state index contributed by atoms with van der Waals surface area (Å²) in [5, 5.41) is 26.1. The summed E-state index contributed by atoms with van der Waals surface area (Å²) in [6.07, 6.45) is -0.261. The molecule has 2 aromatic carbocycles. The van der Waals surface area contributed by atoms with Gasteiger partial charge in [0.05, 0.1) is 12.3 Å². The molecular weight excluding hydrogens is 404 g/mol. The quantitative estimate of drug-likeness (QED) is 0.786. The molecule has 2 aliphatic rings. The van der Waals surface area contributed by atoms with Gasteiger partial charge in [0.2, 0.25) is 0 Å². The zero-order chi connectivity index (χ0) is 22.3. The minimum absolute atomic E-state index is 0.127. The van der Waals surface area contributed by atoms with E-state index in [4.69, 9.17) is 0 Å². The van der Waals surface area contributed by atoms with E-state index in [0.717, 1.165) is 6.21 Å². The van der Waals surface area contributed by atoms with E-state index >= 15 is 0 Å². The van der Waals surface area contributed by atoms with Gasteiger partial charge >= 0.3 is 0 Å². The molecule has 31 heavy (non-hydrogen) atoms. The molecule has 0 bridgehead atoms. The summed E-state index contributed by atoms with van der Waals surface area (Å²) in [6, 6.07) is 11.2. The van der Waals surface area contributed by atoms with E-state index in [1.54, 1.807) is 29.2 Å². The number of piperazine rings is 1. The molecule has 0 aromatic heterocycles. The van der Waals surface area contributed by atoms with Crippen molar-refractivity contribution in [3.63, 3.8) is 0 Å². The predicted octanol–water partition coefficient (Wildman–Crippen LogP) is 3.15. The Morgan fingerprint density at radius 3 is 2.16 bits per heavy atom. The average molecular weight is 427 g/mol. The Morgan fingerprint density at radius 1 is 1.06 bits per heavy atom. The summed E-state index contributed by atoms with van der Waals surface area (Å²) in [5.74, 6) is -2.41. The number of hydrazone groups is 1. The molecule has 8 heteroatoms. The van der Waals surface area contributed by atoms with Crippen LogP contribution in [0.15, 0.2) is 65.1 Å². The number of carbonyl (C=O) groups is 1. The first kappa shape index (κ1) is 21.0. The molecule has 0 radical (unpaired) electrons. The highest BCUT2D eigenvalue weighted by Crippen LogP contribution is 2.38. The fraction of sp³-hybridized carbons (Fsp3) is 0.304. The number of benzene rings is 2. The van der Waals surface area contributed by atoms with E-state index in [-0.39, 0.29) is 18.3 Å². The lowest BCUT2D eigenvalue weighted by atomic mass is 9.82. The lowest BCUT2D eigenvalue weighted by Gasteiger charge is -2.46. The van der Waals surface area contributed by atoms with Gasteiger partial charge in [-0.05, 0) is 49.2 Å². The van der Waals surface area contributed by atoms with Crippen LogP contribution in [0.2, 0.25) is 0 Å². The van der Waals surface area contributed by atoms with Crippen LogP contribution in [-0.4, -0.2) is 57.0 Å². The monoisotopic (exact) mass is 427 g/mol. The van der Waals surface area contributed by atoms with Gasteiger partial charge in [0.25, 0.3) is 5.91 Å². The van der Waals surface area contributed by atoms with Crippen molar-refractivity contribution in [2.45, 2.75) is 38.0 Å². The van der Waals surface area contributed by atoms with Gasteiger partial charge in [0, 0.05) is 18.5 Å². The van der Waals surface area contributed by atoms with Crippen LogP contribution < -0.4 is 0 Å². The molecule has 2 atom stereocenters. The molecule has 162 valence electrons. The van der Waals surface area contributed by atoms with Gasteiger partial charge in [-0.2, -0.15) is 5.10 Å². The summed E-state index contributed by atoms with van der Waals surface area (Å²) in [4.78, 5) is 14.6. The van der Waals surface area contributed by atoms with Crippen LogP contribution in [0, 0.1) is 11.6 Å². The second kappa shape index (κ2) is 8.11. The normalized spacial score (nSPS) is 21.3. The molecule has 2 heterocycles. The Kier molecular flexibility index (Phi) is 5.49. The van der Waals surface area contributed by atoms with Crippen molar-refractivity contribution in [1.82, 2.24) is 9.91 Å². The Balaban J connectivity index is 1.90. The number of carbonyl (C=O) groups excluding carboxylic acids is 1. The SMILES string of the molecule is CC(C)N1C[C@H](C(c2cccc(F)c2)c2cccc(F)c2)N2N=CC(O)C(O)=C2C1=O. The number of nitrogens with zero attached hydrogens (tertiary/aromatic N) is 3. The summed E-state index contributed by atoms with van der Waals surface area (Å²) in [6.45, 7) is 3.88. The maximum absolute atomic E-state index is 14.1. The van der Waals surface area contributed by atoms with Crippen LogP contribution in [-0.2, 0) is 4.79 Å². The second-order valence-corrected chi connectivity index (χ2v) is 7.99. The van der Waals surface area contributed by atoms with Crippen LogP contribution in [0.3, 0.4) is 0 Å². The lowest BCUT2D eigenvalue weighted by Crippen LogP contribution is -2.58. The van der Waals surface area contributed by atoms with Gasteiger partial charge in [0.15, 0.2) is 11.5 Å². The first-order valence-corrected chi connectivity index (χ1v) is 10.0. The maximum atomic E-state index is 14.1. The lowest BCUT2D eigenvalue weighted by molar-refractivity contribution is -0.136. The highest BCUT2D eigenvalue weighted by Gasteiger charge is 2.45. The molecule has 2 aliphatic heterocycles. The predicted molar refractivity (Wildman–Crippen MR) is 111 cm³/mol. The number of hydrogen-bond donors (Lipinski definition) is 2. The van der Waals surface area contributed by atoms with E-state index in [2.05, 4.69) is 5.10 Å². The van der Waals surface area contributed by atoms with Crippen LogP contribution >= 0.6 is 0 Å². The van der Waals surface area contributed by atoms with Crippen molar-refractivity contribution < 1.29 is 23.8 Å². The summed E-state index contributed by atoms with van der Waals surface area (Å²) >= 11 is 0. The van der Waals surface area contributed by atoms with Gasteiger partial charge in [-0.15, -0.1) is 0 Å². The average Bonchev–Trinajstić information content (AvgIpc) is 2.72. The Hall–Kier alpha value is -3.26. The minimum atomic E-state index is -1.40. The smallest absolute Gasteiger partial charge is 0.276 e. The van der Waals surface area contributed by atoms with Crippen molar-refractivity contribution in [3.05, 3.63) is 82.7 Å². The van der Waals surface area contributed by atoms with Crippen LogP contribution in [0.5, 0.6) is 0 Å². The van der Waals surface area contributed by atoms with Crippen LogP contribution in [0.1, 0.15) is 30.9 Å². The Labute approximate surface area is 178 Å². The molecule has 0 aliphatic carbocycles. The first-order valence-electron chi connectivity index (χ1n) is 10.0. The topological polar surface area (TPSA) is 76.4 Å². The van der Waals surface area contributed by atoms with Crippen molar-refractivity contribution >= 4 is 12.1 Å². The van der Waals surface area contributed by atoms with Crippen molar-refractivity contribution in [1.29, 1.82) is 0 Å². The number of aliphatic hydroxyl groups is 2. The molecular formula is C23H23F2N3O3. The summed E-state index contributed by atoms with van der Waals surface area (Å²) < 4.78 is 28.3. The molecule has 2 aromatic rings. The van der Waals surface area contributed by atoms with Gasteiger partial charge in [-0.1, -0.05) is 24.3 Å². The molecule has 1 amide bonds. The van der Waals surface area contributed by atoms with Gasteiger partial charge in [-0.25, -0.2) is 8.78 Å². The third-order valence-electron chi connectivity index (χ3n) is 5.67. The van der Waals surface area contributed by atoms with Gasteiger partial charge in [0.1, 0.15) is 17.7 Å². The molecule has 1 saturated heterocycles. The number of rotatable bonds is 4. The third kappa shape index (κ3) is 3.79. The number of fused-ring (bicyclic) bond motifs is 1. The Morgan fingerprint density at radius 2 is 1.65 bits per heavy atom. The van der Waals surface area contributed by atoms with E-state index in [1.165, 1.54) is 29.3 Å². The second-order valence-electron chi connectivity index (χ2n) is 7.99. The highest BCUT2D eigenvalue weighted by molar-refractivity contribution is 5.96. The summed E-state index contributed by atoms with van der Waals surface area (Å²) in [7, 11) is 0. The fourth-order valence-electron chi connectivity index (χ4n) is 4.21. The summed E-state index contributed by atoms with van der Waals surface area (Å²) in [5.41, 5.74) is 1.03. The molecule has 1 unspecified atom stereocenters. The number of amides is 1. The molecule has 4 rings (SSSR count). The fourth-order valence-corrected chi connectivity index (χ4v) is 4.21. The number of hydrogen-bond acceptors (Lipinski definition) is 5. The van der Waals surface area contributed by atoms with E-state index < -0.39 is 41.4 Å². The van der Waals surface area contributed by atoms with E-state index in [9.17, 15) is 23.8 Å². The Bertz CT molecular complexity index is 1020. The first-order chi connectivity index (χ1) is 14.8. The largest absolute Gasteiger partial charge is 0.507 e. The van der Waals surface area contributed by atoms with Crippen LogP contribution in [0.4, 0.5) is 8.78 Å². The molecule has 0 saturated carbocycles. The standard InChI is InChI=1S/C23H23F2N3O3/c1-13(2)27-12-18(28-21(23(27)31)22(30)19(29)11-26-28)20(14-5-3-7-16(24)9-14)15-6-4-8-17(25)10-15/h3-11,13,18-20,29-30H,12H2,1-2H3/t18-,19?/m1/s1. The molecule has 0 spiro atoms. The third-order valence-corrected chi connectivity index (χ3v) is 5.67. The molecule has 6 nitrogen and oxygen atoms in total. The van der Waals surface area contributed by atoms with E-state index in [0.29, 0.717) is 11.1 Å².